The van der Waals surface area contributed by atoms with Crippen LogP contribution < -0.4 is 0 Å². The Kier molecular flexibility index (Phi) is 2.02. The number of rotatable bonds is 1. The molecule has 2 rings (SSSR count). The molecule has 0 fully saturated rings. The molecule has 1 aromatic heterocycles. The van der Waals surface area contributed by atoms with Crippen LogP contribution in [0.5, 0.6) is 0 Å². The zero-order valence-corrected chi connectivity index (χ0v) is 7.84. The third kappa shape index (κ3) is 1.55. The van der Waals surface area contributed by atoms with Gasteiger partial charge >= 0.3 is 0 Å². The third-order valence-electron chi connectivity index (χ3n) is 1.86. The SMILES string of the molecule is Cc1ccc(-c2ncn[nH]2)cc1Cl. The van der Waals surface area contributed by atoms with E-state index < -0.39 is 0 Å². The monoisotopic (exact) mass is 193 g/mol. The molecule has 4 heteroatoms. The van der Waals surface area contributed by atoms with Crippen LogP contribution in [0.25, 0.3) is 11.4 Å². The highest BCUT2D eigenvalue weighted by Gasteiger charge is 2.02. The lowest BCUT2D eigenvalue weighted by atomic mass is 10.1. The Labute approximate surface area is 80.8 Å². The van der Waals surface area contributed by atoms with Gasteiger partial charge in [0.05, 0.1) is 0 Å². The molecule has 1 heterocycles. The molecule has 0 bridgehead atoms. The van der Waals surface area contributed by atoms with Crippen molar-refractivity contribution < 1.29 is 0 Å². The molecule has 1 N–H and O–H groups in total. The quantitative estimate of drug-likeness (QED) is 0.756. The van der Waals surface area contributed by atoms with Gasteiger partial charge in [-0.2, -0.15) is 5.10 Å². The zero-order chi connectivity index (χ0) is 9.26. The highest BCUT2D eigenvalue weighted by molar-refractivity contribution is 6.31. The predicted molar refractivity (Wildman–Crippen MR) is 51.6 cm³/mol. The van der Waals surface area contributed by atoms with Crippen molar-refractivity contribution in [3.8, 4) is 11.4 Å². The summed E-state index contributed by atoms with van der Waals surface area (Å²) in [4.78, 5) is 4.03. The van der Waals surface area contributed by atoms with Crippen LogP contribution in [0.15, 0.2) is 24.5 Å². The largest absolute Gasteiger partial charge is 0.259 e. The molecule has 0 unspecified atom stereocenters. The molecule has 1 aromatic carbocycles. The Morgan fingerprint density at radius 3 is 2.85 bits per heavy atom. The fourth-order valence-electron chi connectivity index (χ4n) is 1.08. The molecule has 66 valence electrons. The molecular weight excluding hydrogens is 186 g/mol. The number of halogens is 1. The molecular formula is C9H8ClN3. The van der Waals surface area contributed by atoms with E-state index in [1.165, 1.54) is 6.33 Å². The molecule has 2 aromatic rings. The topological polar surface area (TPSA) is 41.6 Å². The molecule has 0 spiro atoms. The molecule has 0 radical (unpaired) electrons. The lowest BCUT2D eigenvalue weighted by Gasteiger charge is -1.99. The van der Waals surface area contributed by atoms with Gasteiger partial charge in [0.25, 0.3) is 0 Å². The molecule has 0 aliphatic heterocycles. The van der Waals surface area contributed by atoms with Crippen LogP contribution in [-0.4, -0.2) is 15.2 Å². The van der Waals surface area contributed by atoms with Gasteiger partial charge in [0.15, 0.2) is 5.82 Å². The number of aromatic amines is 1. The fourth-order valence-corrected chi connectivity index (χ4v) is 1.27. The zero-order valence-electron chi connectivity index (χ0n) is 7.08. The Morgan fingerprint density at radius 2 is 2.23 bits per heavy atom. The van der Waals surface area contributed by atoms with Gasteiger partial charge in [0, 0.05) is 10.6 Å². The first-order valence-corrected chi connectivity index (χ1v) is 4.27. The normalized spacial score (nSPS) is 10.3. The van der Waals surface area contributed by atoms with Gasteiger partial charge in [-0.05, 0) is 18.6 Å². The predicted octanol–water partition coefficient (Wildman–Crippen LogP) is 2.43. The van der Waals surface area contributed by atoms with Crippen LogP contribution in [0.1, 0.15) is 5.56 Å². The number of hydrogen-bond donors (Lipinski definition) is 1. The van der Waals surface area contributed by atoms with Crippen LogP contribution in [-0.2, 0) is 0 Å². The van der Waals surface area contributed by atoms with Crippen molar-refractivity contribution in [2.45, 2.75) is 6.92 Å². The minimum atomic E-state index is 0.738. The summed E-state index contributed by atoms with van der Waals surface area (Å²) in [6, 6.07) is 5.79. The summed E-state index contributed by atoms with van der Waals surface area (Å²) in [6.45, 7) is 1.96. The summed E-state index contributed by atoms with van der Waals surface area (Å²) in [6.07, 6.45) is 1.48. The van der Waals surface area contributed by atoms with Crippen molar-refractivity contribution in [3.05, 3.63) is 35.1 Å². The van der Waals surface area contributed by atoms with E-state index in [0.717, 1.165) is 22.0 Å². The Morgan fingerprint density at radius 1 is 1.38 bits per heavy atom. The first-order valence-electron chi connectivity index (χ1n) is 3.89. The summed E-state index contributed by atoms with van der Waals surface area (Å²) in [5, 5.41) is 7.30. The number of aromatic nitrogens is 3. The molecule has 13 heavy (non-hydrogen) atoms. The van der Waals surface area contributed by atoms with Gasteiger partial charge in [0.2, 0.25) is 0 Å². The van der Waals surface area contributed by atoms with Gasteiger partial charge in [-0.1, -0.05) is 23.7 Å². The van der Waals surface area contributed by atoms with Crippen LogP contribution >= 0.6 is 11.6 Å². The minimum absolute atomic E-state index is 0.738. The van der Waals surface area contributed by atoms with Gasteiger partial charge in [0.1, 0.15) is 6.33 Å². The van der Waals surface area contributed by atoms with Crippen LogP contribution in [0.3, 0.4) is 0 Å². The second-order valence-corrected chi connectivity index (χ2v) is 3.21. The average molecular weight is 194 g/mol. The molecule has 0 saturated heterocycles. The van der Waals surface area contributed by atoms with E-state index in [1.807, 2.05) is 25.1 Å². The molecule has 3 nitrogen and oxygen atoms in total. The number of aryl methyl sites for hydroxylation is 1. The maximum Gasteiger partial charge on any atom is 0.155 e. The standard InChI is InChI=1S/C9H8ClN3/c1-6-2-3-7(4-8(6)10)9-11-5-12-13-9/h2-5H,1H3,(H,11,12,13). The Bertz CT molecular complexity index is 409. The van der Waals surface area contributed by atoms with Gasteiger partial charge < -0.3 is 0 Å². The summed E-state index contributed by atoms with van der Waals surface area (Å²) >= 11 is 5.97. The highest BCUT2D eigenvalue weighted by Crippen LogP contribution is 2.21. The lowest BCUT2D eigenvalue weighted by Crippen LogP contribution is -1.82. The second-order valence-electron chi connectivity index (χ2n) is 2.80. The van der Waals surface area contributed by atoms with Crippen LogP contribution in [0, 0.1) is 6.92 Å². The van der Waals surface area contributed by atoms with E-state index in [1.54, 1.807) is 0 Å². The number of nitrogens with zero attached hydrogens (tertiary/aromatic N) is 2. The second kappa shape index (κ2) is 3.18. The highest BCUT2D eigenvalue weighted by atomic mass is 35.5. The Hall–Kier alpha value is -1.35. The lowest BCUT2D eigenvalue weighted by molar-refractivity contribution is 1.09. The first-order chi connectivity index (χ1) is 6.27. The number of hydrogen-bond acceptors (Lipinski definition) is 2. The van der Waals surface area contributed by atoms with E-state index in [4.69, 9.17) is 11.6 Å². The molecule has 0 saturated carbocycles. The van der Waals surface area contributed by atoms with Crippen molar-refractivity contribution in [3.63, 3.8) is 0 Å². The van der Waals surface area contributed by atoms with Crippen molar-refractivity contribution in [2.75, 3.05) is 0 Å². The van der Waals surface area contributed by atoms with Crippen molar-refractivity contribution >= 4 is 11.6 Å². The number of H-pyrrole nitrogens is 1. The van der Waals surface area contributed by atoms with Crippen molar-refractivity contribution in [2.24, 2.45) is 0 Å². The number of nitrogens with one attached hydrogen (secondary N) is 1. The van der Waals surface area contributed by atoms with E-state index in [-0.39, 0.29) is 0 Å². The van der Waals surface area contributed by atoms with Crippen LogP contribution in [0.2, 0.25) is 5.02 Å². The molecule has 0 aliphatic rings. The summed E-state index contributed by atoms with van der Waals surface area (Å²) in [5.74, 6) is 0.738. The molecule has 0 atom stereocenters. The molecule has 0 aliphatic carbocycles. The maximum absolute atomic E-state index is 5.97. The van der Waals surface area contributed by atoms with Gasteiger partial charge in [-0.15, -0.1) is 0 Å². The van der Waals surface area contributed by atoms with E-state index in [0.29, 0.717) is 0 Å². The van der Waals surface area contributed by atoms with Crippen molar-refractivity contribution in [1.29, 1.82) is 0 Å². The summed E-state index contributed by atoms with van der Waals surface area (Å²) in [5.41, 5.74) is 2.01. The van der Waals surface area contributed by atoms with E-state index in [9.17, 15) is 0 Å². The maximum atomic E-state index is 5.97. The minimum Gasteiger partial charge on any atom is -0.259 e. The Balaban J connectivity index is 2.49. The average Bonchev–Trinajstić information content (AvgIpc) is 2.62. The summed E-state index contributed by atoms with van der Waals surface area (Å²) < 4.78 is 0. The van der Waals surface area contributed by atoms with E-state index >= 15 is 0 Å². The van der Waals surface area contributed by atoms with Gasteiger partial charge in [-0.3, -0.25) is 5.10 Å². The smallest absolute Gasteiger partial charge is 0.155 e. The summed E-state index contributed by atoms with van der Waals surface area (Å²) in [7, 11) is 0. The van der Waals surface area contributed by atoms with Crippen molar-refractivity contribution in [1.82, 2.24) is 15.2 Å². The third-order valence-corrected chi connectivity index (χ3v) is 2.27. The number of benzene rings is 1. The molecule has 0 amide bonds. The van der Waals surface area contributed by atoms with Gasteiger partial charge in [-0.25, -0.2) is 4.98 Å². The van der Waals surface area contributed by atoms with Crippen LogP contribution in [0.4, 0.5) is 0 Å². The van der Waals surface area contributed by atoms with E-state index in [2.05, 4.69) is 15.2 Å². The first kappa shape index (κ1) is 8.26. The fraction of sp³-hybridized carbons (Fsp3) is 0.111.